The van der Waals surface area contributed by atoms with E-state index in [-0.39, 0.29) is 23.0 Å². The van der Waals surface area contributed by atoms with Gasteiger partial charge in [-0.15, -0.1) is 0 Å². The van der Waals surface area contributed by atoms with E-state index in [1.54, 1.807) is 12.1 Å². The highest BCUT2D eigenvalue weighted by Gasteiger charge is 2.51. The summed E-state index contributed by atoms with van der Waals surface area (Å²) in [5.74, 6) is 0. The van der Waals surface area contributed by atoms with Crippen LogP contribution < -0.4 is 21.6 Å². The topological polar surface area (TPSA) is 117 Å². The van der Waals surface area contributed by atoms with Gasteiger partial charge in [-0.1, -0.05) is 99.1 Å². The van der Waals surface area contributed by atoms with Gasteiger partial charge < -0.3 is 9.16 Å². The van der Waals surface area contributed by atoms with Crippen LogP contribution in [0.1, 0.15) is 39.0 Å². The van der Waals surface area contributed by atoms with E-state index in [0.29, 0.717) is 0 Å². The Kier molecular flexibility index (Phi) is 8.73. The number of ether oxygens (including phenoxy) is 1. The normalized spacial score (nSPS) is 19.4. The monoisotopic (exact) mass is 620 g/mol. The molecule has 0 spiro atoms. The maximum Gasteiger partial charge on any atom is 0.330 e. The van der Waals surface area contributed by atoms with E-state index in [0.717, 1.165) is 15.9 Å². The zero-order chi connectivity index (χ0) is 30.8. The number of rotatable bonds is 9. The van der Waals surface area contributed by atoms with Crippen LogP contribution in [0.15, 0.2) is 112 Å². The molecule has 3 aromatic carbocycles. The molecule has 11 heteroatoms. The molecule has 5 rings (SSSR count). The summed E-state index contributed by atoms with van der Waals surface area (Å²) in [5.41, 5.74) is -0.288. The van der Waals surface area contributed by atoms with Gasteiger partial charge in [0.05, 0.1) is 11.5 Å². The van der Waals surface area contributed by atoms with E-state index >= 15 is 0 Å². The van der Waals surface area contributed by atoms with Crippen molar-refractivity contribution < 1.29 is 21.8 Å². The lowest BCUT2D eigenvalue weighted by atomic mass is 10.2. The van der Waals surface area contributed by atoms with Gasteiger partial charge in [-0.05, 0) is 34.5 Å². The molecule has 1 aliphatic heterocycles. The maximum absolute atomic E-state index is 13.4. The average Bonchev–Trinajstić information content (AvgIpc) is 3.35. The van der Waals surface area contributed by atoms with E-state index < -0.39 is 48.1 Å². The summed E-state index contributed by atoms with van der Waals surface area (Å²) in [4.78, 5) is 26.6. The Labute approximate surface area is 252 Å². The molecule has 0 amide bonds. The zero-order valence-electron chi connectivity index (χ0n) is 24.6. The highest BCUT2D eigenvalue weighted by molar-refractivity contribution is 7.86. The van der Waals surface area contributed by atoms with Crippen molar-refractivity contribution in [2.75, 3.05) is 6.61 Å². The van der Waals surface area contributed by atoms with Crippen molar-refractivity contribution in [2.24, 2.45) is 0 Å². The molecule has 0 aliphatic carbocycles. The van der Waals surface area contributed by atoms with Crippen LogP contribution in [0, 0.1) is 6.92 Å². The number of hydrogen-bond acceptors (Lipinski definition) is 7. The van der Waals surface area contributed by atoms with Gasteiger partial charge in [0.15, 0.2) is 0 Å². The quantitative estimate of drug-likeness (QED) is 0.225. The van der Waals surface area contributed by atoms with Crippen molar-refractivity contribution >= 4 is 28.8 Å². The largest absolute Gasteiger partial charge is 0.405 e. The molecule has 4 aromatic rings. The summed E-state index contributed by atoms with van der Waals surface area (Å²) in [5, 5.41) is 1.79. The fourth-order valence-corrected chi connectivity index (χ4v) is 11.3. The van der Waals surface area contributed by atoms with E-state index in [2.05, 4.69) is 50.0 Å². The Morgan fingerprint density at radius 1 is 0.907 bits per heavy atom. The van der Waals surface area contributed by atoms with Crippen molar-refractivity contribution in [1.29, 1.82) is 0 Å². The lowest BCUT2D eigenvalue weighted by Gasteiger charge is -2.43. The number of aryl methyl sites for hydroxylation is 1. The van der Waals surface area contributed by atoms with Gasteiger partial charge >= 0.3 is 5.69 Å². The van der Waals surface area contributed by atoms with Gasteiger partial charge in [-0.2, -0.15) is 8.42 Å². The molecule has 1 N–H and O–H groups in total. The third kappa shape index (κ3) is 6.36. The van der Waals surface area contributed by atoms with Gasteiger partial charge in [0.25, 0.3) is 24.0 Å². The minimum Gasteiger partial charge on any atom is -0.405 e. The second-order valence-electron chi connectivity index (χ2n) is 11.8. The Morgan fingerprint density at radius 2 is 1.49 bits per heavy atom. The molecule has 0 saturated carbocycles. The molecule has 3 atom stereocenters. The molecule has 1 saturated heterocycles. The van der Waals surface area contributed by atoms with Crippen LogP contribution in [-0.4, -0.2) is 45.1 Å². The Balaban J connectivity index is 1.53. The van der Waals surface area contributed by atoms with E-state index in [4.69, 9.17) is 13.3 Å². The number of benzene rings is 3. The Bertz CT molecular complexity index is 1730. The Morgan fingerprint density at radius 3 is 2.02 bits per heavy atom. The molecule has 0 unspecified atom stereocenters. The molecule has 0 radical (unpaired) electrons. The highest BCUT2D eigenvalue weighted by Crippen LogP contribution is 2.39. The van der Waals surface area contributed by atoms with Crippen molar-refractivity contribution in [3.63, 3.8) is 0 Å². The minimum atomic E-state index is -4.17. The van der Waals surface area contributed by atoms with Gasteiger partial charge in [-0.25, -0.2) is 4.79 Å². The summed E-state index contributed by atoms with van der Waals surface area (Å²) in [6, 6.07) is 27.8. The van der Waals surface area contributed by atoms with Crippen LogP contribution in [0.4, 0.5) is 0 Å². The average molecular weight is 621 g/mol. The van der Waals surface area contributed by atoms with E-state index in [1.807, 2.05) is 43.3 Å². The van der Waals surface area contributed by atoms with Crippen LogP contribution in [0.5, 0.6) is 0 Å². The van der Waals surface area contributed by atoms with Gasteiger partial charge in [-0.3, -0.25) is 18.5 Å². The molecule has 0 bridgehead atoms. The minimum absolute atomic E-state index is 0.00989. The second-order valence-corrected chi connectivity index (χ2v) is 17.6. The maximum atomic E-state index is 13.4. The first kappa shape index (κ1) is 30.8. The van der Waals surface area contributed by atoms with Gasteiger partial charge in [0.2, 0.25) is 0 Å². The third-order valence-electron chi connectivity index (χ3n) is 7.78. The van der Waals surface area contributed by atoms with E-state index in [9.17, 15) is 18.0 Å². The van der Waals surface area contributed by atoms with Crippen LogP contribution in [-0.2, 0) is 23.5 Å². The van der Waals surface area contributed by atoms with Gasteiger partial charge in [0.1, 0.15) is 18.4 Å². The third-order valence-corrected chi connectivity index (χ3v) is 14.1. The number of aromatic amines is 1. The summed E-state index contributed by atoms with van der Waals surface area (Å²) in [6.45, 7) is 8.32. The highest BCUT2D eigenvalue weighted by atomic mass is 32.2. The molecular weight excluding hydrogens is 585 g/mol. The molecule has 43 heavy (non-hydrogen) atoms. The number of H-pyrrole nitrogens is 1. The SMILES string of the molecule is Cc1ccc(S(=O)(=O)O[C@H]2C[C@H](n3ccc(=O)[nH]c3=O)O[C@@H]2CO[Si](c2ccccc2)(c2ccccc2)C(C)(C)C)cc1. The first-order valence-electron chi connectivity index (χ1n) is 14.1. The van der Waals surface area contributed by atoms with Crippen LogP contribution in [0.3, 0.4) is 0 Å². The second kappa shape index (κ2) is 12.2. The first-order valence-corrected chi connectivity index (χ1v) is 17.4. The predicted octanol–water partition coefficient (Wildman–Crippen LogP) is 3.48. The van der Waals surface area contributed by atoms with Crippen LogP contribution in [0.2, 0.25) is 5.04 Å². The molecule has 1 aromatic heterocycles. The number of hydrogen-bond donors (Lipinski definition) is 1. The fraction of sp³-hybridized carbons (Fsp3) is 0.312. The molecule has 226 valence electrons. The summed E-state index contributed by atoms with van der Waals surface area (Å²) in [6.07, 6.45) is -1.30. The summed E-state index contributed by atoms with van der Waals surface area (Å²) < 4.78 is 47.2. The lowest BCUT2D eigenvalue weighted by Crippen LogP contribution is -2.67. The molecule has 1 aliphatic rings. The van der Waals surface area contributed by atoms with Crippen LogP contribution in [0.25, 0.3) is 0 Å². The Hall–Kier alpha value is -3.61. The predicted molar refractivity (Wildman–Crippen MR) is 167 cm³/mol. The van der Waals surface area contributed by atoms with Crippen LogP contribution >= 0.6 is 0 Å². The lowest BCUT2D eigenvalue weighted by molar-refractivity contribution is -0.0381. The van der Waals surface area contributed by atoms with Crippen molar-refractivity contribution in [1.82, 2.24) is 9.55 Å². The first-order chi connectivity index (χ1) is 20.4. The molecule has 2 heterocycles. The van der Waals surface area contributed by atoms with E-state index in [1.165, 1.54) is 29.0 Å². The summed E-state index contributed by atoms with van der Waals surface area (Å²) in [7, 11) is -7.17. The zero-order valence-corrected chi connectivity index (χ0v) is 26.4. The fourth-order valence-electron chi connectivity index (χ4n) is 5.67. The van der Waals surface area contributed by atoms with Crippen molar-refractivity contribution in [3.8, 4) is 0 Å². The number of aromatic nitrogens is 2. The van der Waals surface area contributed by atoms with Crippen molar-refractivity contribution in [3.05, 3.63) is 124 Å². The van der Waals surface area contributed by atoms with Crippen molar-refractivity contribution in [2.45, 2.75) is 62.5 Å². The number of nitrogens with one attached hydrogen (secondary N) is 1. The molecular formula is C32H36N2O7SSi. The standard InChI is InChI=1S/C32H36N2O7SSi/c1-23-15-17-24(18-16-23)42(37,38)41-27-21-30(34-20-19-29(35)33-31(34)36)40-28(27)22-39-43(32(2,3)4,25-11-7-5-8-12-25)26-13-9-6-10-14-26/h5-20,27-28,30H,21-22H2,1-4H3,(H,33,35,36)/t27-,28+,30+/m0/s1. The number of nitrogens with zero attached hydrogens (tertiary/aromatic N) is 1. The smallest absolute Gasteiger partial charge is 0.330 e. The molecule has 9 nitrogen and oxygen atoms in total. The molecule has 1 fully saturated rings. The summed E-state index contributed by atoms with van der Waals surface area (Å²) >= 11 is 0. The van der Waals surface area contributed by atoms with Gasteiger partial charge in [0, 0.05) is 18.7 Å².